The van der Waals surface area contributed by atoms with E-state index in [-0.39, 0.29) is 58.8 Å². The van der Waals surface area contributed by atoms with Crippen molar-refractivity contribution in [2.24, 2.45) is 34.5 Å². The second-order valence-electron chi connectivity index (χ2n) is 11.3. The molecule has 5 nitrogen and oxygen atoms in total. The van der Waals surface area contributed by atoms with Crippen molar-refractivity contribution in [2.45, 2.75) is 59.0 Å². The fraction of sp³-hybridized carbons (Fsp3) is 0.552. The number of para-hydroxylation sites is 1. The molecule has 180 valence electrons. The number of hydrogen-bond acceptors (Lipinski definition) is 5. The number of nitrogens with one attached hydrogen (secondary N) is 1. The van der Waals surface area contributed by atoms with Gasteiger partial charge in [0.15, 0.2) is 5.78 Å². The molecule has 5 heteroatoms. The Morgan fingerprint density at radius 2 is 1.91 bits per heavy atom. The average molecular weight is 462 g/mol. The summed E-state index contributed by atoms with van der Waals surface area (Å²) in [4.78, 5) is 37.9. The highest BCUT2D eigenvalue weighted by Crippen LogP contribution is 2.65. The molecule has 1 aromatic rings. The molecule has 0 spiro atoms. The Morgan fingerprint density at radius 3 is 2.65 bits per heavy atom. The van der Waals surface area contributed by atoms with Crippen molar-refractivity contribution >= 4 is 23.2 Å². The Bertz CT molecular complexity index is 1060. The molecular weight excluding hydrogens is 426 g/mol. The smallest absolute Gasteiger partial charge is 0.325 e. The van der Waals surface area contributed by atoms with Gasteiger partial charge in [0, 0.05) is 23.9 Å². The zero-order valence-corrected chi connectivity index (χ0v) is 20.4. The molecule has 1 aromatic carbocycles. The largest absolute Gasteiger partial charge is 0.461 e. The van der Waals surface area contributed by atoms with Gasteiger partial charge in [0.1, 0.15) is 18.4 Å². The highest BCUT2D eigenvalue weighted by molar-refractivity contribution is 5.92. The highest BCUT2D eigenvalue weighted by Gasteiger charge is 2.62. The number of Topliss-reactive ketones (excluding diaryl/α,β-unsaturated/α-hetero) is 1. The lowest BCUT2D eigenvalue weighted by molar-refractivity contribution is -0.169. The SMILES string of the molecule is CC(=O)[C@H]1CC[C@H]2[C@@H]3C=CC4=CC(=O)CC[C@@]4(C)[C@@H]3[C@@H](OC(=O)CNc3ccccc3)C[C@]12C. The van der Waals surface area contributed by atoms with Crippen LogP contribution in [-0.2, 0) is 19.1 Å². The first kappa shape index (κ1) is 23.1. The number of esters is 1. The number of rotatable bonds is 5. The number of carbonyl (C=O) groups excluding carboxylic acids is 3. The van der Waals surface area contributed by atoms with E-state index < -0.39 is 0 Å². The van der Waals surface area contributed by atoms with E-state index in [2.05, 4.69) is 31.3 Å². The lowest BCUT2D eigenvalue weighted by Gasteiger charge is -2.58. The Labute approximate surface area is 202 Å². The zero-order valence-electron chi connectivity index (χ0n) is 20.4. The first-order valence-electron chi connectivity index (χ1n) is 12.6. The van der Waals surface area contributed by atoms with Crippen molar-refractivity contribution in [1.29, 1.82) is 0 Å². The molecule has 0 saturated heterocycles. The van der Waals surface area contributed by atoms with Crippen LogP contribution in [0.4, 0.5) is 5.69 Å². The Morgan fingerprint density at radius 1 is 1.15 bits per heavy atom. The molecule has 0 aromatic heterocycles. The van der Waals surface area contributed by atoms with E-state index in [1.807, 2.05) is 30.3 Å². The van der Waals surface area contributed by atoms with Gasteiger partial charge in [0.25, 0.3) is 0 Å². The molecule has 1 N–H and O–H groups in total. The monoisotopic (exact) mass is 461 g/mol. The molecule has 0 bridgehead atoms. The van der Waals surface area contributed by atoms with Gasteiger partial charge in [-0.2, -0.15) is 0 Å². The number of fused-ring (bicyclic) bond motifs is 5. The first-order valence-corrected chi connectivity index (χ1v) is 12.6. The summed E-state index contributed by atoms with van der Waals surface area (Å²) in [5.74, 6) is 0.884. The van der Waals surface area contributed by atoms with Gasteiger partial charge in [-0.25, -0.2) is 0 Å². The van der Waals surface area contributed by atoms with Crippen LogP contribution in [0.2, 0.25) is 0 Å². The summed E-state index contributed by atoms with van der Waals surface area (Å²) < 4.78 is 6.27. The van der Waals surface area contributed by atoms with Crippen molar-refractivity contribution in [3.8, 4) is 0 Å². The number of ketones is 2. The maximum atomic E-state index is 13.0. The summed E-state index contributed by atoms with van der Waals surface area (Å²) in [5, 5.41) is 3.16. The summed E-state index contributed by atoms with van der Waals surface area (Å²) in [7, 11) is 0. The van der Waals surface area contributed by atoms with Crippen molar-refractivity contribution in [2.75, 3.05) is 11.9 Å². The van der Waals surface area contributed by atoms with Gasteiger partial charge in [0.05, 0.1) is 0 Å². The number of ether oxygens (including phenoxy) is 1. The molecule has 4 aliphatic carbocycles. The van der Waals surface area contributed by atoms with Crippen LogP contribution < -0.4 is 5.32 Å². The normalized spacial score (nSPS) is 38.3. The molecule has 34 heavy (non-hydrogen) atoms. The molecule has 0 amide bonds. The van der Waals surface area contributed by atoms with E-state index in [0.717, 1.165) is 30.5 Å². The van der Waals surface area contributed by atoms with E-state index in [9.17, 15) is 14.4 Å². The third-order valence-electron chi connectivity index (χ3n) is 9.41. The molecule has 4 aliphatic rings. The van der Waals surface area contributed by atoms with Gasteiger partial charge in [-0.1, -0.05) is 44.2 Å². The molecule has 0 heterocycles. The van der Waals surface area contributed by atoms with Crippen LogP contribution in [0.3, 0.4) is 0 Å². The number of anilines is 1. The lowest BCUT2D eigenvalue weighted by atomic mass is 9.47. The van der Waals surface area contributed by atoms with Gasteiger partial charge < -0.3 is 10.1 Å². The third kappa shape index (κ3) is 3.73. The van der Waals surface area contributed by atoms with Crippen LogP contribution in [0.5, 0.6) is 0 Å². The topological polar surface area (TPSA) is 72.5 Å². The predicted octanol–water partition coefficient (Wildman–Crippen LogP) is 5.13. The molecular formula is C29H35NO4. The second kappa shape index (κ2) is 8.51. The van der Waals surface area contributed by atoms with Gasteiger partial charge in [-0.05, 0) is 79.1 Å². The van der Waals surface area contributed by atoms with Crippen molar-refractivity contribution in [1.82, 2.24) is 0 Å². The summed E-state index contributed by atoms with van der Waals surface area (Å²) in [6.07, 6.45) is 9.84. The molecule has 5 rings (SSSR count). The van der Waals surface area contributed by atoms with Crippen molar-refractivity contribution in [3.63, 3.8) is 0 Å². The van der Waals surface area contributed by atoms with Gasteiger partial charge >= 0.3 is 5.97 Å². The lowest BCUT2D eigenvalue weighted by Crippen LogP contribution is -2.57. The molecule has 7 atom stereocenters. The quantitative estimate of drug-likeness (QED) is 0.615. The predicted molar refractivity (Wildman–Crippen MR) is 131 cm³/mol. The average Bonchev–Trinajstić information content (AvgIpc) is 3.15. The Hall–Kier alpha value is -2.69. The van der Waals surface area contributed by atoms with Gasteiger partial charge in [-0.3, -0.25) is 14.4 Å². The minimum Gasteiger partial charge on any atom is -0.461 e. The highest BCUT2D eigenvalue weighted by atomic mass is 16.5. The minimum atomic E-state index is -0.289. The standard InChI is InChI=1S/C29H35NO4/c1-18(31)23-11-12-24-22-10-9-19-15-21(32)13-14-28(19,2)27(22)25(16-29(23,24)3)34-26(33)17-30-20-7-5-4-6-8-20/h4-10,15,22-25,27,30H,11-14,16-17H2,1-3H3/t22-,23+,24-,25-,27-,28+,29+/m0/s1. The zero-order chi connectivity index (χ0) is 24.1. The summed E-state index contributed by atoms with van der Waals surface area (Å²) in [5.41, 5.74) is 1.56. The van der Waals surface area contributed by atoms with Gasteiger partial charge in [0.2, 0.25) is 0 Å². The van der Waals surface area contributed by atoms with Crippen LogP contribution in [0.15, 0.2) is 54.1 Å². The van der Waals surface area contributed by atoms with Crippen LogP contribution in [0.1, 0.15) is 52.9 Å². The number of carbonyl (C=O) groups is 3. The molecule has 2 saturated carbocycles. The van der Waals surface area contributed by atoms with Crippen LogP contribution in [-0.4, -0.2) is 30.2 Å². The van der Waals surface area contributed by atoms with E-state index in [1.165, 1.54) is 0 Å². The van der Waals surface area contributed by atoms with Crippen LogP contribution in [0.25, 0.3) is 0 Å². The maximum absolute atomic E-state index is 13.0. The van der Waals surface area contributed by atoms with Crippen LogP contribution >= 0.6 is 0 Å². The van der Waals surface area contributed by atoms with E-state index >= 15 is 0 Å². The molecule has 0 unspecified atom stereocenters. The fourth-order valence-electron chi connectivity index (χ4n) is 7.81. The van der Waals surface area contributed by atoms with E-state index in [4.69, 9.17) is 4.74 Å². The first-order chi connectivity index (χ1) is 16.2. The van der Waals surface area contributed by atoms with Gasteiger partial charge in [-0.15, -0.1) is 0 Å². The van der Waals surface area contributed by atoms with Crippen LogP contribution in [0, 0.1) is 34.5 Å². The number of hydrogen-bond donors (Lipinski definition) is 1. The number of benzene rings is 1. The molecule has 0 radical (unpaired) electrons. The van der Waals surface area contributed by atoms with Crippen molar-refractivity contribution < 1.29 is 19.1 Å². The fourth-order valence-corrected chi connectivity index (χ4v) is 7.81. The number of allylic oxidation sites excluding steroid dienone is 4. The summed E-state index contributed by atoms with van der Waals surface area (Å²) in [6, 6.07) is 9.64. The molecule has 2 fully saturated rings. The Kier molecular flexibility index (Phi) is 5.78. The second-order valence-corrected chi connectivity index (χ2v) is 11.3. The summed E-state index contributed by atoms with van der Waals surface area (Å²) in [6.45, 7) is 6.29. The molecule has 0 aliphatic heterocycles. The Balaban J connectivity index is 1.46. The van der Waals surface area contributed by atoms with Crippen molar-refractivity contribution in [3.05, 3.63) is 54.1 Å². The summed E-state index contributed by atoms with van der Waals surface area (Å²) >= 11 is 0. The van der Waals surface area contributed by atoms with E-state index in [0.29, 0.717) is 18.8 Å². The third-order valence-corrected chi connectivity index (χ3v) is 9.41. The van der Waals surface area contributed by atoms with E-state index in [1.54, 1.807) is 13.0 Å². The maximum Gasteiger partial charge on any atom is 0.325 e. The minimum absolute atomic E-state index is 0.00757.